The number of hydrogen-bond donors (Lipinski definition) is 2. The molecule has 0 heterocycles. The van der Waals surface area contributed by atoms with Gasteiger partial charge in [-0.25, -0.2) is 5.43 Å². The van der Waals surface area contributed by atoms with Crippen molar-refractivity contribution in [3.8, 4) is 17.2 Å². The summed E-state index contributed by atoms with van der Waals surface area (Å²) in [6, 6.07) is 20.0. The van der Waals surface area contributed by atoms with Gasteiger partial charge in [-0.05, 0) is 67.4 Å². The fourth-order valence-electron chi connectivity index (χ4n) is 2.98. The second kappa shape index (κ2) is 13.1. The van der Waals surface area contributed by atoms with Crippen molar-refractivity contribution in [3.05, 3.63) is 82.3 Å². The number of benzene rings is 3. The molecule has 0 atom stereocenters. The molecule has 0 radical (unpaired) electrons. The molecule has 8 nitrogen and oxygen atoms in total. The summed E-state index contributed by atoms with van der Waals surface area (Å²) in [5, 5.41) is 6.40. The summed E-state index contributed by atoms with van der Waals surface area (Å²) >= 11 is 3.42. The number of nitrogens with one attached hydrogen (secondary N) is 2. The van der Waals surface area contributed by atoms with Gasteiger partial charge in [-0.1, -0.05) is 40.2 Å². The largest absolute Gasteiger partial charge is 0.492 e. The molecule has 0 bridgehead atoms. The lowest BCUT2D eigenvalue weighted by atomic mass is 10.2. The molecular weight excluding hydrogens is 514 g/mol. The van der Waals surface area contributed by atoms with Gasteiger partial charge in [0.15, 0.2) is 11.5 Å². The van der Waals surface area contributed by atoms with Crippen LogP contribution < -0.4 is 25.0 Å². The van der Waals surface area contributed by atoms with Gasteiger partial charge in [0.2, 0.25) is 0 Å². The fraction of sp³-hybridized carbons (Fsp3) is 0.192. The van der Waals surface area contributed by atoms with Gasteiger partial charge in [0.05, 0.1) is 25.1 Å². The van der Waals surface area contributed by atoms with Gasteiger partial charge in [-0.15, -0.1) is 0 Å². The van der Waals surface area contributed by atoms with E-state index >= 15 is 0 Å². The maximum absolute atomic E-state index is 12.2. The predicted octanol–water partition coefficient (Wildman–Crippen LogP) is 4.91. The summed E-state index contributed by atoms with van der Waals surface area (Å²) in [4.78, 5) is 24.4. The van der Waals surface area contributed by atoms with Crippen molar-refractivity contribution in [1.82, 2.24) is 5.43 Å². The summed E-state index contributed by atoms with van der Waals surface area (Å²) in [6.45, 7) is 4.98. The molecule has 0 spiro atoms. The molecule has 0 aliphatic heterocycles. The van der Waals surface area contributed by atoms with Gasteiger partial charge in [0.25, 0.3) is 0 Å². The predicted molar refractivity (Wildman–Crippen MR) is 138 cm³/mol. The van der Waals surface area contributed by atoms with E-state index in [2.05, 4.69) is 31.8 Å². The number of halogens is 1. The average molecular weight is 540 g/mol. The first-order valence-electron chi connectivity index (χ1n) is 11.0. The van der Waals surface area contributed by atoms with E-state index in [0.717, 1.165) is 10.0 Å². The van der Waals surface area contributed by atoms with E-state index in [0.29, 0.717) is 48.3 Å². The van der Waals surface area contributed by atoms with E-state index < -0.39 is 11.8 Å². The number of carbonyl (C=O) groups excluding carboxylic acids is 2. The zero-order valence-corrected chi connectivity index (χ0v) is 21.0. The van der Waals surface area contributed by atoms with E-state index in [4.69, 9.17) is 14.2 Å². The van der Waals surface area contributed by atoms with Crippen LogP contribution in [-0.4, -0.2) is 31.2 Å². The summed E-state index contributed by atoms with van der Waals surface area (Å²) < 4.78 is 18.0. The first kappa shape index (κ1) is 25.8. The summed E-state index contributed by atoms with van der Waals surface area (Å²) in [5.74, 6) is -0.160. The van der Waals surface area contributed by atoms with Gasteiger partial charge in [-0.3, -0.25) is 9.59 Å². The molecule has 0 unspecified atom stereocenters. The van der Waals surface area contributed by atoms with E-state index in [1.165, 1.54) is 6.21 Å². The maximum atomic E-state index is 12.2. The quantitative estimate of drug-likeness (QED) is 0.216. The molecule has 0 saturated carbocycles. The smallest absolute Gasteiger partial charge is 0.329 e. The van der Waals surface area contributed by atoms with Crippen molar-refractivity contribution in [1.29, 1.82) is 0 Å². The summed E-state index contributed by atoms with van der Waals surface area (Å²) in [5.41, 5.74) is 4.30. The number of para-hydroxylation sites is 2. The van der Waals surface area contributed by atoms with Gasteiger partial charge < -0.3 is 19.5 Å². The first-order chi connectivity index (χ1) is 17.0. The van der Waals surface area contributed by atoms with Crippen LogP contribution in [0.25, 0.3) is 0 Å². The molecule has 0 aliphatic rings. The van der Waals surface area contributed by atoms with Crippen molar-refractivity contribution in [2.75, 3.05) is 18.5 Å². The molecule has 3 aromatic rings. The van der Waals surface area contributed by atoms with Crippen LogP contribution in [0.5, 0.6) is 17.2 Å². The highest BCUT2D eigenvalue weighted by Crippen LogP contribution is 2.29. The number of nitrogens with zero attached hydrogens (tertiary/aromatic N) is 1. The number of rotatable bonds is 10. The molecule has 9 heteroatoms. The molecule has 182 valence electrons. The summed E-state index contributed by atoms with van der Waals surface area (Å²) in [7, 11) is 0. The highest BCUT2D eigenvalue weighted by Gasteiger charge is 2.15. The monoisotopic (exact) mass is 539 g/mol. The number of amides is 2. The van der Waals surface area contributed by atoms with Crippen LogP contribution in [0.1, 0.15) is 25.0 Å². The number of hydrazone groups is 1. The standard InChI is InChI=1S/C26H26BrN3O5/c1-3-33-22-8-6-5-7-21(22)29-25(31)26(32)30-28-16-19-11-14-23(24(15-19)34-4-2)35-17-18-9-12-20(27)13-10-18/h5-16H,3-4,17H2,1-2H3,(H,29,31)(H,30,32)/b28-16-. The third-order valence-corrected chi connectivity index (χ3v) is 5.12. The number of ether oxygens (including phenoxy) is 3. The Labute approximate surface area is 212 Å². The van der Waals surface area contributed by atoms with Crippen LogP contribution in [0.2, 0.25) is 0 Å². The second-order valence-electron chi connectivity index (χ2n) is 7.14. The number of carbonyl (C=O) groups is 2. The van der Waals surface area contributed by atoms with Crippen LogP contribution in [0.15, 0.2) is 76.3 Å². The van der Waals surface area contributed by atoms with Crippen molar-refractivity contribution in [2.24, 2.45) is 5.10 Å². The lowest BCUT2D eigenvalue weighted by Gasteiger charge is -2.12. The van der Waals surface area contributed by atoms with E-state index in [-0.39, 0.29) is 0 Å². The Kier molecular flexibility index (Phi) is 9.68. The molecule has 0 aromatic heterocycles. The molecule has 3 rings (SSSR count). The Bertz CT molecular complexity index is 1180. The van der Waals surface area contributed by atoms with E-state index in [1.54, 1.807) is 42.5 Å². The van der Waals surface area contributed by atoms with Crippen LogP contribution in [0.4, 0.5) is 5.69 Å². The minimum Gasteiger partial charge on any atom is -0.492 e. The molecule has 3 aromatic carbocycles. The SMILES string of the molecule is CCOc1ccccc1NC(=O)C(=O)N/N=C\c1ccc(OCc2ccc(Br)cc2)c(OCC)c1. The number of hydrogen-bond acceptors (Lipinski definition) is 6. The van der Waals surface area contributed by atoms with Crippen molar-refractivity contribution in [2.45, 2.75) is 20.5 Å². The Morgan fingerprint density at radius 2 is 1.57 bits per heavy atom. The summed E-state index contributed by atoms with van der Waals surface area (Å²) in [6.07, 6.45) is 1.42. The zero-order valence-electron chi connectivity index (χ0n) is 19.4. The lowest BCUT2D eigenvalue weighted by Crippen LogP contribution is -2.32. The fourth-order valence-corrected chi connectivity index (χ4v) is 3.25. The third kappa shape index (κ3) is 7.86. The van der Waals surface area contributed by atoms with Gasteiger partial charge in [0, 0.05) is 4.47 Å². The minimum atomic E-state index is -0.910. The highest BCUT2D eigenvalue weighted by atomic mass is 79.9. The van der Waals surface area contributed by atoms with Crippen molar-refractivity contribution in [3.63, 3.8) is 0 Å². The van der Waals surface area contributed by atoms with Crippen molar-refractivity contribution >= 4 is 39.6 Å². The zero-order chi connectivity index (χ0) is 25.0. The van der Waals surface area contributed by atoms with Gasteiger partial charge >= 0.3 is 11.8 Å². The van der Waals surface area contributed by atoms with Gasteiger partial charge in [-0.2, -0.15) is 5.10 Å². The van der Waals surface area contributed by atoms with Crippen LogP contribution >= 0.6 is 15.9 Å². The Hall–Kier alpha value is -3.85. The normalized spacial score (nSPS) is 10.6. The molecule has 0 fully saturated rings. The molecule has 2 N–H and O–H groups in total. The molecule has 35 heavy (non-hydrogen) atoms. The third-order valence-electron chi connectivity index (χ3n) is 4.60. The van der Waals surface area contributed by atoms with Gasteiger partial charge in [0.1, 0.15) is 12.4 Å². The van der Waals surface area contributed by atoms with E-state index in [9.17, 15) is 9.59 Å². The first-order valence-corrected chi connectivity index (χ1v) is 11.8. The average Bonchev–Trinajstić information content (AvgIpc) is 2.86. The Balaban J connectivity index is 1.59. The number of anilines is 1. The molecular formula is C26H26BrN3O5. The van der Waals surface area contributed by atoms with Crippen molar-refractivity contribution < 1.29 is 23.8 Å². The minimum absolute atomic E-state index is 0.387. The molecule has 2 amide bonds. The lowest BCUT2D eigenvalue weighted by molar-refractivity contribution is -0.136. The van der Waals surface area contributed by atoms with Crippen LogP contribution in [0.3, 0.4) is 0 Å². The van der Waals surface area contributed by atoms with E-state index in [1.807, 2.05) is 38.1 Å². The Morgan fingerprint density at radius 3 is 2.31 bits per heavy atom. The Morgan fingerprint density at radius 1 is 0.857 bits per heavy atom. The molecule has 0 saturated heterocycles. The maximum Gasteiger partial charge on any atom is 0.329 e. The topological polar surface area (TPSA) is 98.2 Å². The van der Waals surface area contributed by atoms with Crippen LogP contribution in [0, 0.1) is 0 Å². The highest BCUT2D eigenvalue weighted by molar-refractivity contribution is 9.10. The molecule has 0 aliphatic carbocycles. The van der Waals surface area contributed by atoms with Crippen LogP contribution in [-0.2, 0) is 16.2 Å². The second-order valence-corrected chi connectivity index (χ2v) is 8.05.